The lowest BCUT2D eigenvalue weighted by molar-refractivity contribution is 0.0707. The number of rotatable bonds is 5. The van der Waals surface area contributed by atoms with E-state index in [0.29, 0.717) is 24.6 Å². The molecule has 2 aromatic rings. The molecule has 1 saturated heterocycles. The van der Waals surface area contributed by atoms with Crippen LogP contribution in [0.3, 0.4) is 0 Å². The molecule has 160 valence electrons. The number of hydrogen-bond acceptors (Lipinski definition) is 3. The molecular formula is C22H22Br2ClFN2O2. The second-order valence-electron chi connectivity index (χ2n) is 7.75. The molecule has 1 fully saturated rings. The average molecular weight is 561 g/mol. The van der Waals surface area contributed by atoms with Gasteiger partial charge in [-0.05, 0) is 73.8 Å². The Morgan fingerprint density at radius 2 is 1.77 bits per heavy atom. The van der Waals surface area contributed by atoms with Crippen LogP contribution in [0, 0.1) is 11.7 Å². The van der Waals surface area contributed by atoms with Gasteiger partial charge in [0.1, 0.15) is 5.82 Å². The number of hydrogen-bond donors (Lipinski definition) is 0. The topological polar surface area (TPSA) is 40.6 Å². The number of Topliss-reactive ketones (excluding diaryl/α,β-unsaturated/α-hetero) is 1. The normalized spacial score (nSPS) is 17.0. The molecular weight excluding hydrogens is 539 g/mol. The maximum atomic E-state index is 13.0. The molecule has 0 bridgehead atoms. The first-order valence-corrected chi connectivity index (χ1v) is 11.3. The summed E-state index contributed by atoms with van der Waals surface area (Å²) in [6.07, 6.45) is 1.92. The van der Waals surface area contributed by atoms with Gasteiger partial charge in [0, 0.05) is 33.2 Å². The molecule has 0 spiro atoms. The average Bonchev–Trinajstić information content (AvgIpc) is 3.00. The molecule has 2 aromatic carbocycles. The van der Waals surface area contributed by atoms with Crippen LogP contribution in [0.25, 0.3) is 0 Å². The van der Waals surface area contributed by atoms with Crippen molar-refractivity contribution in [3.05, 3.63) is 67.9 Å². The highest BCUT2D eigenvalue weighted by atomic mass is 79.9. The highest BCUT2D eigenvalue weighted by molar-refractivity contribution is 9.11. The molecule has 30 heavy (non-hydrogen) atoms. The molecule has 2 aliphatic heterocycles. The molecule has 0 aromatic heterocycles. The van der Waals surface area contributed by atoms with Crippen LogP contribution in [0.15, 0.2) is 45.3 Å². The standard InChI is InChI=1S/C22H21Br2FN2O2.ClH/c23-16-9-18-19(20(24)10-16)12-27(22(18)29)11-14-5-7-26(8-6-14)13-21(28)15-1-3-17(25)4-2-15;/h1-4,9-10,14H,5-8,11-13H2;1H. The Morgan fingerprint density at radius 3 is 2.43 bits per heavy atom. The number of halogens is 4. The maximum Gasteiger partial charge on any atom is 0.254 e. The van der Waals surface area contributed by atoms with Crippen LogP contribution in [0.4, 0.5) is 4.39 Å². The van der Waals surface area contributed by atoms with Crippen LogP contribution in [0.2, 0.25) is 0 Å². The van der Waals surface area contributed by atoms with Gasteiger partial charge in [-0.3, -0.25) is 14.5 Å². The smallest absolute Gasteiger partial charge is 0.254 e. The molecule has 4 nitrogen and oxygen atoms in total. The quantitative estimate of drug-likeness (QED) is 0.465. The Morgan fingerprint density at radius 1 is 1.10 bits per heavy atom. The molecule has 8 heteroatoms. The minimum absolute atomic E-state index is 0. The highest BCUT2D eigenvalue weighted by Crippen LogP contribution is 2.34. The zero-order valence-corrected chi connectivity index (χ0v) is 20.2. The summed E-state index contributed by atoms with van der Waals surface area (Å²) in [4.78, 5) is 29.2. The number of benzene rings is 2. The third kappa shape index (κ3) is 5.13. The Bertz CT molecular complexity index is 947. The Hall–Kier alpha value is -1.28. The number of likely N-dealkylation sites (tertiary alicyclic amines) is 1. The molecule has 0 N–H and O–H groups in total. The van der Waals surface area contributed by atoms with Crippen LogP contribution in [0.5, 0.6) is 0 Å². The predicted molar refractivity (Wildman–Crippen MR) is 124 cm³/mol. The molecule has 0 atom stereocenters. The van der Waals surface area contributed by atoms with Crippen LogP contribution in [-0.4, -0.2) is 47.7 Å². The predicted octanol–water partition coefficient (Wildman–Crippen LogP) is 5.32. The van der Waals surface area contributed by atoms with Gasteiger partial charge in [-0.1, -0.05) is 31.9 Å². The van der Waals surface area contributed by atoms with E-state index < -0.39 is 0 Å². The van der Waals surface area contributed by atoms with Gasteiger partial charge in [-0.15, -0.1) is 12.4 Å². The first-order valence-electron chi connectivity index (χ1n) is 9.69. The van der Waals surface area contributed by atoms with E-state index in [1.165, 1.54) is 24.3 Å². The van der Waals surface area contributed by atoms with Crippen molar-refractivity contribution in [2.24, 2.45) is 5.92 Å². The van der Waals surface area contributed by atoms with E-state index >= 15 is 0 Å². The lowest BCUT2D eigenvalue weighted by Gasteiger charge is -2.33. The number of fused-ring (bicyclic) bond motifs is 1. The van der Waals surface area contributed by atoms with Crippen molar-refractivity contribution >= 4 is 56.0 Å². The fraction of sp³-hybridized carbons (Fsp3) is 0.364. The Balaban J connectivity index is 0.00000256. The largest absolute Gasteiger partial charge is 0.334 e. The first kappa shape index (κ1) is 23.4. The lowest BCUT2D eigenvalue weighted by Crippen LogP contribution is -2.41. The van der Waals surface area contributed by atoms with Gasteiger partial charge in [-0.25, -0.2) is 4.39 Å². The number of amides is 1. The monoisotopic (exact) mass is 558 g/mol. The van der Waals surface area contributed by atoms with Crippen molar-refractivity contribution in [2.45, 2.75) is 19.4 Å². The van der Waals surface area contributed by atoms with E-state index in [0.717, 1.165) is 52.5 Å². The minimum atomic E-state index is -0.333. The van der Waals surface area contributed by atoms with Crippen molar-refractivity contribution in [2.75, 3.05) is 26.2 Å². The van der Waals surface area contributed by atoms with Gasteiger partial charge in [0.05, 0.1) is 6.54 Å². The summed E-state index contributed by atoms with van der Waals surface area (Å²) >= 11 is 7.02. The molecule has 1 amide bonds. The zero-order chi connectivity index (χ0) is 20.5. The van der Waals surface area contributed by atoms with Gasteiger partial charge in [0.25, 0.3) is 5.91 Å². The van der Waals surface area contributed by atoms with Crippen molar-refractivity contribution in [3.63, 3.8) is 0 Å². The second kappa shape index (κ2) is 9.90. The van der Waals surface area contributed by atoms with Gasteiger partial charge < -0.3 is 4.90 Å². The van der Waals surface area contributed by atoms with E-state index in [1.807, 2.05) is 17.0 Å². The third-order valence-corrected chi connectivity index (χ3v) is 6.91. The molecule has 2 aliphatic rings. The van der Waals surface area contributed by atoms with Gasteiger partial charge >= 0.3 is 0 Å². The summed E-state index contributed by atoms with van der Waals surface area (Å²) in [7, 11) is 0. The van der Waals surface area contributed by atoms with E-state index in [9.17, 15) is 14.0 Å². The summed E-state index contributed by atoms with van der Waals surface area (Å²) in [5.74, 6) is 0.216. The van der Waals surface area contributed by atoms with E-state index in [1.54, 1.807) is 0 Å². The first-order chi connectivity index (χ1) is 13.9. The summed E-state index contributed by atoms with van der Waals surface area (Å²) in [5, 5.41) is 0. The van der Waals surface area contributed by atoms with Crippen LogP contribution < -0.4 is 0 Å². The van der Waals surface area contributed by atoms with Gasteiger partial charge in [-0.2, -0.15) is 0 Å². The number of piperidine rings is 1. The fourth-order valence-electron chi connectivity index (χ4n) is 4.10. The van der Waals surface area contributed by atoms with Crippen LogP contribution >= 0.6 is 44.3 Å². The molecule has 2 heterocycles. The van der Waals surface area contributed by atoms with Crippen molar-refractivity contribution in [1.82, 2.24) is 9.80 Å². The van der Waals surface area contributed by atoms with Crippen molar-refractivity contribution in [3.8, 4) is 0 Å². The molecule has 0 unspecified atom stereocenters. The van der Waals surface area contributed by atoms with E-state index in [-0.39, 0.29) is 29.9 Å². The SMILES string of the molecule is Cl.O=C(CN1CCC(CN2Cc3c(Br)cc(Br)cc3C2=O)CC1)c1ccc(F)cc1. The minimum Gasteiger partial charge on any atom is -0.334 e. The molecule has 0 radical (unpaired) electrons. The zero-order valence-electron chi connectivity index (χ0n) is 16.2. The Labute approximate surface area is 198 Å². The number of ketones is 1. The summed E-state index contributed by atoms with van der Waals surface area (Å²) < 4.78 is 14.9. The summed E-state index contributed by atoms with van der Waals surface area (Å²) in [5.41, 5.74) is 2.37. The van der Waals surface area contributed by atoms with Crippen LogP contribution in [-0.2, 0) is 6.54 Å². The highest BCUT2D eigenvalue weighted by Gasteiger charge is 2.32. The summed E-state index contributed by atoms with van der Waals surface area (Å²) in [6.45, 7) is 3.42. The summed E-state index contributed by atoms with van der Waals surface area (Å²) in [6, 6.07) is 9.59. The van der Waals surface area contributed by atoms with Crippen LogP contribution in [0.1, 0.15) is 39.1 Å². The lowest BCUT2D eigenvalue weighted by atomic mass is 9.95. The van der Waals surface area contributed by atoms with Gasteiger partial charge in [0.15, 0.2) is 5.78 Å². The molecule has 0 aliphatic carbocycles. The maximum absolute atomic E-state index is 13.0. The van der Waals surface area contributed by atoms with E-state index in [2.05, 4.69) is 36.8 Å². The van der Waals surface area contributed by atoms with Crippen molar-refractivity contribution in [1.29, 1.82) is 0 Å². The number of carbonyl (C=O) groups is 2. The fourth-order valence-corrected chi connectivity index (χ4v) is 5.46. The molecule has 4 rings (SSSR count). The van der Waals surface area contributed by atoms with E-state index in [4.69, 9.17) is 0 Å². The number of carbonyl (C=O) groups excluding carboxylic acids is 2. The second-order valence-corrected chi connectivity index (χ2v) is 9.52. The third-order valence-electron chi connectivity index (χ3n) is 5.75. The molecule has 0 saturated carbocycles. The number of nitrogens with zero attached hydrogens (tertiary/aromatic N) is 2. The van der Waals surface area contributed by atoms with Crippen molar-refractivity contribution < 1.29 is 14.0 Å². The Kier molecular flexibility index (Phi) is 7.71. The van der Waals surface area contributed by atoms with Gasteiger partial charge in [0.2, 0.25) is 0 Å².